The third kappa shape index (κ3) is 4.65. The van der Waals surface area contributed by atoms with Crippen LogP contribution in [-0.4, -0.2) is 26.5 Å². The quantitative estimate of drug-likeness (QED) is 0.483. The number of nitrogens with zero attached hydrogens (tertiary/aromatic N) is 1. The third-order valence-corrected chi connectivity index (χ3v) is 9.17. The van der Waals surface area contributed by atoms with Crippen molar-refractivity contribution in [2.24, 2.45) is 0 Å². The summed E-state index contributed by atoms with van der Waals surface area (Å²) in [6.07, 6.45) is 1.28. The molecule has 3 nitrogen and oxygen atoms in total. The van der Waals surface area contributed by atoms with Crippen molar-refractivity contribution < 1.29 is 22.3 Å². The molecule has 0 bridgehead atoms. The Morgan fingerprint density at radius 1 is 1.00 bits per heavy atom. The smallest absolute Gasteiger partial charge is 0.192 e. The van der Waals surface area contributed by atoms with E-state index in [1.165, 1.54) is 12.3 Å². The first-order chi connectivity index (χ1) is 12.0. The van der Waals surface area contributed by atoms with Gasteiger partial charge in [-0.2, -0.15) is 0 Å². The van der Waals surface area contributed by atoms with Crippen LogP contribution in [0.4, 0.5) is 13.2 Å². The molecule has 0 unspecified atom stereocenters. The molecule has 0 atom stereocenters. The Labute approximate surface area is 153 Å². The SMILES string of the molecule is CC(C)(C)[Si](C)(C)OCCOc1cc(F)c(-c2ncccc2F)c(F)c1. The van der Waals surface area contributed by atoms with Gasteiger partial charge in [-0.05, 0) is 30.3 Å². The van der Waals surface area contributed by atoms with Gasteiger partial charge in [0.2, 0.25) is 0 Å². The van der Waals surface area contributed by atoms with Crippen LogP contribution >= 0.6 is 0 Å². The fraction of sp³-hybridized carbons (Fsp3) is 0.421. The molecule has 0 fully saturated rings. The van der Waals surface area contributed by atoms with E-state index < -0.39 is 31.3 Å². The highest BCUT2D eigenvalue weighted by atomic mass is 28.4. The van der Waals surface area contributed by atoms with Crippen LogP contribution < -0.4 is 4.74 Å². The molecule has 0 aliphatic carbocycles. The summed E-state index contributed by atoms with van der Waals surface area (Å²) in [4.78, 5) is 3.71. The van der Waals surface area contributed by atoms with Crippen molar-refractivity contribution in [2.75, 3.05) is 13.2 Å². The second-order valence-corrected chi connectivity index (χ2v) is 12.4. The van der Waals surface area contributed by atoms with E-state index in [1.807, 2.05) is 0 Å². The Morgan fingerprint density at radius 3 is 2.15 bits per heavy atom. The molecule has 2 rings (SSSR count). The van der Waals surface area contributed by atoms with Crippen LogP contribution in [0.25, 0.3) is 11.3 Å². The minimum Gasteiger partial charge on any atom is -0.491 e. The molecule has 1 heterocycles. The van der Waals surface area contributed by atoms with Gasteiger partial charge in [0.25, 0.3) is 0 Å². The van der Waals surface area contributed by atoms with E-state index in [0.717, 1.165) is 18.2 Å². The minimum atomic E-state index is -1.90. The Morgan fingerprint density at radius 2 is 1.62 bits per heavy atom. The summed E-state index contributed by atoms with van der Waals surface area (Å²) >= 11 is 0. The molecule has 1 aromatic heterocycles. The van der Waals surface area contributed by atoms with Gasteiger partial charge >= 0.3 is 0 Å². The van der Waals surface area contributed by atoms with Gasteiger partial charge in [0, 0.05) is 18.3 Å². The summed E-state index contributed by atoms with van der Waals surface area (Å²) in [6, 6.07) is 4.51. The van der Waals surface area contributed by atoms with E-state index in [-0.39, 0.29) is 23.1 Å². The maximum atomic E-state index is 14.3. The molecule has 142 valence electrons. The molecular weight excluding hydrogens is 359 g/mol. The number of rotatable bonds is 6. The van der Waals surface area contributed by atoms with Crippen molar-refractivity contribution in [3.63, 3.8) is 0 Å². The number of hydrogen-bond donors (Lipinski definition) is 0. The number of ether oxygens (including phenoxy) is 1. The summed E-state index contributed by atoms with van der Waals surface area (Å²) in [7, 11) is -1.90. The van der Waals surface area contributed by atoms with Crippen LogP contribution in [0.2, 0.25) is 18.1 Å². The lowest BCUT2D eigenvalue weighted by Gasteiger charge is -2.36. The minimum absolute atomic E-state index is 0.0268. The zero-order valence-corrected chi connectivity index (χ0v) is 16.7. The van der Waals surface area contributed by atoms with Crippen molar-refractivity contribution in [2.45, 2.75) is 38.9 Å². The molecule has 1 aromatic carbocycles. The van der Waals surface area contributed by atoms with E-state index in [1.54, 1.807) is 0 Å². The average molecular weight is 383 g/mol. The standard InChI is InChI=1S/C19H24F3NO2Si/c1-19(2,3)26(4,5)25-10-9-24-13-11-15(21)17(16(22)12-13)18-14(20)7-6-8-23-18/h6-8,11-12H,9-10H2,1-5H3. The van der Waals surface area contributed by atoms with Crippen molar-refractivity contribution in [3.8, 4) is 17.0 Å². The molecule has 0 radical (unpaired) electrons. The lowest BCUT2D eigenvalue weighted by atomic mass is 10.1. The van der Waals surface area contributed by atoms with Crippen LogP contribution in [0.5, 0.6) is 5.75 Å². The Bertz CT molecular complexity index is 753. The molecule has 2 aromatic rings. The van der Waals surface area contributed by atoms with Crippen molar-refractivity contribution in [1.29, 1.82) is 0 Å². The third-order valence-electron chi connectivity index (χ3n) is 4.63. The molecule has 0 aliphatic heterocycles. The average Bonchev–Trinajstić information content (AvgIpc) is 2.51. The number of hydrogen-bond acceptors (Lipinski definition) is 3. The summed E-state index contributed by atoms with van der Waals surface area (Å²) in [5.74, 6) is -2.62. The van der Waals surface area contributed by atoms with Crippen LogP contribution in [0.15, 0.2) is 30.5 Å². The molecule has 0 amide bonds. The van der Waals surface area contributed by atoms with Gasteiger partial charge in [0.15, 0.2) is 8.32 Å². The molecule has 0 spiro atoms. The lowest BCUT2D eigenvalue weighted by molar-refractivity contribution is 0.202. The molecule has 0 N–H and O–H groups in total. The second kappa shape index (κ2) is 7.80. The monoisotopic (exact) mass is 383 g/mol. The number of aromatic nitrogens is 1. The number of benzene rings is 1. The Kier molecular flexibility index (Phi) is 6.13. The largest absolute Gasteiger partial charge is 0.491 e. The highest BCUT2D eigenvalue weighted by Gasteiger charge is 2.36. The molecular formula is C19H24F3NO2Si. The molecule has 26 heavy (non-hydrogen) atoms. The molecule has 0 saturated heterocycles. The molecule has 0 aliphatic rings. The summed E-state index contributed by atoms with van der Waals surface area (Å²) < 4.78 is 53.7. The van der Waals surface area contributed by atoms with Crippen molar-refractivity contribution in [3.05, 3.63) is 47.9 Å². The highest BCUT2D eigenvalue weighted by Crippen LogP contribution is 2.36. The fourth-order valence-electron chi connectivity index (χ4n) is 2.10. The van der Waals surface area contributed by atoms with Gasteiger partial charge in [-0.15, -0.1) is 0 Å². The van der Waals surface area contributed by atoms with Crippen molar-refractivity contribution in [1.82, 2.24) is 4.98 Å². The van der Waals surface area contributed by atoms with E-state index >= 15 is 0 Å². The number of pyridine rings is 1. The molecule has 7 heteroatoms. The Hall–Kier alpha value is -1.86. The van der Waals surface area contributed by atoms with E-state index in [4.69, 9.17) is 9.16 Å². The van der Waals surface area contributed by atoms with Gasteiger partial charge in [0.05, 0.1) is 12.2 Å². The summed E-state index contributed by atoms with van der Waals surface area (Å²) in [5.41, 5.74) is -0.872. The van der Waals surface area contributed by atoms with E-state index in [2.05, 4.69) is 38.8 Å². The van der Waals surface area contributed by atoms with Gasteiger partial charge in [0.1, 0.15) is 35.5 Å². The Balaban J connectivity index is 2.06. The lowest BCUT2D eigenvalue weighted by Crippen LogP contribution is -2.41. The predicted octanol–water partition coefficient (Wildman–Crippen LogP) is 5.57. The van der Waals surface area contributed by atoms with Crippen molar-refractivity contribution >= 4 is 8.32 Å². The van der Waals surface area contributed by atoms with Crippen LogP contribution in [0.3, 0.4) is 0 Å². The van der Waals surface area contributed by atoms with Gasteiger partial charge < -0.3 is 9.16 Å². The maximum absolute atomic E-state index is 14.3. The first-order valence-corrected chi connectivity index (χ1v) is 11.3. The van der Waals surface area contributed by atoms with Gasteiger partial charge in [-0.3, -0.25) is 4.98 Å². The number of halogens is 3. The highest BCUT2D eigenvalue weighted by molar-refractivity contribution is 6.74. The van der Waals surface area contributed by atoms with Crippen LogP contribution in [0, 0.1) is 17.5 Å². The molecule has 0 saturated carbocycles. The van der Waals surface area contributed by atoms with Crippen LogP contribution in [0.1, 0.15) is 20.8 Å². The van der Waals surface area contributed by atoms with Gasteiger partial charge in [-0.1, -0.05) is 20.8 Å². The summed E-state index contributed by atoms with van der Waals surface area (Å²) in [5, 5.41) is 0.0691. The topological polar surface area (TPSA) is 31.4 Å². The first kappa shape index (κ1) is 20.4. The van der Waals surface area contributed by atoms with Gasteiger partial charge in [-0.25, -0.2) is 13.2 Å². The fourth-order valence-corrected chi connectivity index (χ4v) is 3.13. The maximum Gasteiger partial charge on any atom is 0.192 e. The zero-order chi connectivity index (χ0) is 19.5. The predicted molar refractivity (Wildman–Crippen MR) is 98.2 cm³/mol. The second-order valence-electron chi connectivity index (χ2n) is 7.55. The normalized spacial score (nSPS) is 12.3. The zero-order valence-electron chi connectivity index (χ0n) is 15.7. The summed E-state index contributed by atoms with van der Waals surface area (Å²) in [6.45, 7) is 11.1. The van der Waals surface area contributed by atoms with E-state index in [0.29, 0.717) is 6.61 Å². The first-order valence-electron chi connectivity index (χ1n) is 8.39. The van der Waals surface area contributed by atoms with E-state index in [9.17, 15) is 13.2 Å². The van der Waals surface area contributed by atoms with Crippen LogP contribution in [-0.2, 0) is 4.43 Å².